The number of ether oxygens (including phenoxy) is 1. The van der Waals surface area contributed by atoms with Crippen LogP contribution in [0.25, 0.3) is 0 Å². The Kier molecular flexibility index (Phi) is 5.91. The summed E-state index contributed by atoms with van der Waals surface area (Å²) in [5, 5.41) is 0. The number of rotatable bonds is 7. The second kappa shape index (κ2) is 7.33. The molecule has 1 rings (SSSR count). The van der Waals surface area contributed by atoms with Crippen LogP contribution in [0.15, 0.2) is 24.3 Å². The monoisotopic (exact) mass is 205 g/mol. The molecular formula is C14H21O. The summed E-state index contributed by atoms with van der Waals surface area (Å²) in [7, 11) is 0. The predicted molar refractivity (Wildman–Crippen MR) is 64.1 cm³/mol. The molecule has 0 saturated heterocycles. The first-order valence-corrected chi connectivity index (χ1v) is 5.99. The summed E-state index contributed by atoms with van der Waals surface area (Å²) in [5.41, 5.74) is 0. The Morgan fingerprint density at radius 1 is 1.27 bits per heavy atom. The maximum Gasteiger partial charge on any atom is 0.120 e. The van der Waals surface area contributed by atoms with Crippen molar-refractivity contribution >= 4 is 0 Å². The lowest BCUT2D eigenvalue weighted by atomic mass is 10.1. The van der Waals surface area contributed by atoms with Crippen LogP contribution in [-0.4, -0.2) is 6.10 Å². The number of benzene rings is 1. The lowest BCUT2D eigenvalue weighted by Crippen LogP contribution is -2.16. The highest BCUT2D eigenvalue weighted by Crippen LogP contribution is 2.16. The summed E-state index contributed by atoms with van der Waals surface area (Å²) in [6, 6.07) is 10.8. The third-order valence-corrected chi connectivity index (χ3v) is 2.47. The van der Waals surface area contributed by atoms with E-state index in [1.807, 2.05) is 24.3 Å². The molecule has 0 N–H and O–H groups in total. The molecule has 0 spiro atoms. The van der Waals surface area contributed by atoms with E-state index in [-0.39, 0.29) is 0 Å². The Bertz CT molecular complexity index is 243. The molecule has 0 aromatic heterocycles. The molecule has 1 aromatic carbocycles. The van der Waals surface area contributed by atoms with Crippen LogP contribution in [0.4, 0.5) is 0 Å². The van der Waals surface area contributed by atoms with Gasteiger partial charge in [-0.25, -0.2) is 0 Å². The van der Waals surface area contributed by atoms with Gasteiger partial charge in [-0.3, -0.25) is 0 Å². The minimum atomic E-state index is 0.380. The molecule has 0 aliphatic heterocycles. The second-order valence-corrected chi connectivity index (χ2v) is 3.91. The largest absolute Gasteiger partial charge is 0.490 e. The van der Waals surface area contributed by atoms with Crippen LogP contribution in [-0.2, 0) is 0 Å². The van der Waals surface area contributed by atoms with Gasteiger partial charge in [0, 0.05) is 0 Å². The Labute approximate surface area is 93.5 Å². The van der Waals surface area contributed by atoms with E-state index in [0.717, 1.165) is 12.2 Å². The van der Waals surface area contributed by atoms with E-state index in [1.165, 1.54) is 25.7 Å². The Morgan fingerprint density at radius 3 is 2.73 bits per heavy atom. The van der Waals surface area contributed by atoms with Gasteiger partial charge in [-0.1, -0.05) is 45.2 Å². The van der Waals surface area contributed by atoms with Gasteiger partial charge in [0.15, 0.2) is 0 Å². The van der Waals surface area contributed by atoms with Crippen molar-refractivity contribution in [1.29, 1.82) is 0 Å². The predicted octanol–water partition coefficient (Wildman–Crippen LogP) is 4.22. The first-order chi connectivity index (χ1) is 7.36. The summed E-state index contributed by atoms with van der Waals surface area (Å²) in [4.78, 5) is 0. The molecule has 83 valence electrons. The van der Waals surface area contributed by atoms with Crippen molar-refractivity contribution in [1.82, 2.24) is 0 Å². The smallest absolute Gasteiger partial charge is 0.120 e. The van der Waals surface area contributed by atoms with Crippen molar-refractivity contribution in [2.45, 2.75) is 52.1 Å². The first-order valence-electron chi connectivity index (χ1n) is 5.99. The summed E-state index contributed by atoms with van der Waals surface area (Å²) < 4.78 is 5.93. The topological polar surface area (TPSA) is 9.23 Å². The molecule has 1 atom stereocenters. The minimum Gasteiger partial charge on any atom is -0.490 e. The van der Waals surface area contributed by atoms with Gasteiger partial charge in [-0.05, 0) is 31.0 Å². The van der Waals surface area contributed by atoms with Crippen molar-refractivity contribution in [3.05, 3.63) is 30.3 Å². The SMILES string of the molecule is CCCCC(CCC)Oc1c[c]ccc1. The van der Waals surface area contributed by atoms with Crippen LogP contribution in [0.2, 0.25) is 0 Å². The van der Waals surface area contributed by atoms with Gasteiger partial charge in [-0.2, -0.15) is 0 Å². The van der Waals surface area contributed by atoms with E-state index in [1.54, 1.807) is 0 Å². The van der Waals surface area contributed by atoms with Crippen molar-refractivity contribution in [3.63, 3.8) is 0 Å². The maximum absolute atomic E-state index is 5.93. The van der Waals surface area contributed by atoms with E-state index in [9.17, 15) is 0 Å². The van der Waals surface area contributed by atoms with Crippen LogP contribution in [0.1, 0.15) is 46.0 Å². The van der Waals surface area contributed by atoms with E-state index in [0.29, 0.717) is 6.10 Å². The molecular weight excluding hydrogens is 184 g/mol. The van der Waals surface area contributed by atoms with Crippen LogP contribution in [0.3, 0.4) is 0 Å². The molecule has 0 amide bonds. The molecule has 1 nitrogen and oxygen atoms in total. The average Bonchev–Trinajstić information content (AvgIpc) is 2.28. The number of hydrogen-bond donors (Lipinski definition) is 0. The van der Waals surface area contributed by atoms with E-state index in [4.69, 9.17) is 4.74 Å². The third kappa shape index (κ3) is 4.87. The molecule has 15 heavy (non-hydrogen) atoms. The van der Waals surface area contributed by atoms with Crippen LogP contribution in [0, 0.1) is 6.07 Å². The van der Waals surface area contributed by atoms with Crippen molar-refractivity contribution in [2.75, 3.05) is 0 Å². The van der Waals surface area contributed by atoms with E-state index in [2.05, 4.69) is 19.9 Å². The quantitative estimate of drug-likeness (QED) is 0.647. The summed E-state index contributed by atoms with van der Waals surface area (Å²) in [6.07, 6.45) is 6.37. The fourth-order valence-corrected chi connectivity index (χ4v) is 1.66. The van der Waals surface area contributed by atoms with Gasteiger partial charge in [0.05, 0.1) is 6.10 Å². The van der Waals surface area contributed by atoms with Crippen molar-refractivity contribution in [3.8, 4) is 5.75 Å². The number of unbranched alkanes of at least 4 members (excludes halogenated alkanes) is 1. The highest BCUT2D eigenvalue weighted by molar-refractivity contribution is 5.20. The zero-order chi connectivity index (χ0) is 10.9. The normalized spacial score (nSPS) is 12.4. The van der Waals surface area contributed by atoms with Crippen LogP contribution in [0.5, 0.6) is 5.75 Å². The molecule has 1 radical (unpaired) electrons. The maximum atomic E-state index is 5.93. The molecule has 0 aliphatic carbocycles. The third-order valence-electron chi connectivity index (χ3n) is 2.47. The van der Waals surface area contributed by atoms with Crippen LogP contribution < -0.4 is 4.74 Å². The van der Waals surface area contributed by atoms with Gasteiger partial charge in [-0.15, -0.1) is 0 Å². The molecule has 1 unspecified atom stereocenters. The fourth-order valence-electron chi connectivity index (χ4n) is 1.66. The van der Waals surface area contributed by atoms with Gasteiger partial charge >= 0.3 is 0 Å². The highest BCUT2D eigenvalue weighted by atomic mass is 16.5. The molecule has 0 fully saturated rings. The van der Waals surface area contributed by atoms with E-state index >= 15 is 0 Å². The molecule has 0 heterocycles. The average molecular weight is 205 g/mol. The zero-order valence-corrected chi connectivity index (χ0v) is 9.83. The molecule has 1 heteroatoms. The Morgan fingerprint density at radius 2 is 2.13 bits per heavy atom. The second-order valence-electron chi connectivity index (χ2n) is 3.91. The Hall–Kier alpha value is -0.980. The molecule has 1 aromatic rings. The number of hydrogen-bond acceptors (Lipinski definition) is 1. The van der Waals surface area contributed by atoms with E-state index < -0.39 is 0 Å². The Balaban J connectivity index is 2.43. The molecule has 0 aliphatic rings. The molecule has 0 saturated carbocycles. The van der Waals surface area contributed by atoms with Gasteiger partial charge in [0.25, 0.3) is 0 Å². The fraction of sp³-hybridized carbons (Fsp3) is 0.571. The first kappa shape index (κ1) is 12.1. The van der Waals surface area contributed by atoms with Crippen molar-refractivity contribution < 1.29 is 4.74 Å². The minimum absolute atomic E-state index is 0.380. The lowest BCUT2D eigenvalue weighted by Gasteiger charge is -2.18. The van der Waals surface area contributed by atoms with Crippen molar-refractivity contribution in [2.24, 2.45) is 0 Å². The summed E-state index contributed by atoms with van der Waals surface area (Å²) in [6.45, 7) is 4.43. The van der Waals surface area contributed by atoms with Gasteiger partial charge in [0.2, 0.25) is 0 Å². The van der Waals surface area contributed by atoms with Gasteiger partial charge in [0.1, 0.15) is 5.75 Å². The zero-order valence-electron chi connectivity index (χ0n) is 9.83. The van der Waals surface area contributed by atoms with Gasteiger partial charge < -0.3 is 4.74 Å². The summed E-state index contributed by atoms with van der Waals surface area (Å²) in [5.74, 6) is 0.951. The molecule has 0 bridgehead atoms. The highest BCUT2D eigenvalue weighted by Gasteiger charge is 2.08. The summed E-state index contributed by atoms with van der Waals surface area (Å²) >= 11 is 0. The standard InChI is InChI=1S/C14H21O/c1-3-5-10-13(9-4-2)15-14-11-7-6-8-12-14/h6-7,11-13H,3-5,9-10H2,1-2H3. The lowest BCUT2D eigenvalue weighted by molar-refractivity contribution is 0.176. The van der Waals surface area contributed by atoms with Crippen LogP contribution >= 0.6 is 0 Å².